The minimum atomic E-state index is -4.52. The van der Waals surface area contributed by atoms with Crippen molar-refractivity contribution in [3.8, 4) is 5.75 Å². The first-order valence-electron chi connectivity index (χ1n) is 10.9. The molecule has 6 atom stereocenters. The van der Waals surface area contributed by atoms with Gasteiger partial charge in [0, 0.05) is 12.3 Å². The second-order valence-electron chi connectivity index (χ2n) is 8.26. The van der Waals surface area contributed by atoms with Crippen LogP contribution >= 0.6 is 7.75 Å². The molecule has 36 heavy (non-hydrogen) atoms. The molecule has 1 saturated heterocycles. The Morgan fingerprint density at radius 1 is 1.25 bits per heavy atom. The summed E-state index contributed by atoms with van der Waals surface area (Å²) in [5.41, 5.74) is -1.77. The number of carbonyl (C=O) groups excluding carboxylic acids is 1. The molecule has 1 unspecified atom stereocenters. The molecular formula is C21H27FN3O10P. The molecule has 13 nitrogen and oxygen atoms in total. The summed E-state index contributed by atoms with van der Waals surface area (Å²) in [6, 6.07) is 7.38. The number of hydrogen-bond donors (Lipinski definition) is 4. The summed E-state index contributed by atoms with van der Waals surface area (Å²) in [5.74, 6) is -3.90. The molecule has 1 aliphatic rings. The number of carbonyl (C=O) groups is 1. The third-order valence-corrected chi connectivity index (χ3v) is 6.58. The maximum atomic E-state index is 15.6. The van der Waals surface area contributed by atoms with Crippen LogP contribution in [0.2, 0.25) is 0 Å². The maximum absolute atomic E-state index is 15.6. The van der Waals surface area contributed by atoms with E-state index >= 15 is 4.39 Å². The predicted octanol–water partition coefficient (Wildman–Crippen LogP) is 0.586. The number of halogens is 1. The van der Waals surface area contributed by atoms with Gasteiger partial charge in [0.2, 0.25) is 0 Å². The highest BCUT2D eigenvalue weighted by Gasteiger charge is 2.57. The number of para-hydroxylation sites is 1. The summed E-state index contributed by atoms with van der Waals surface area (Å²) >= 11 is 0. The van der Waals surface area contributed by atoms with Crippen molar-refractivity contribution in [1.82, 2.24) is 14.6 Å². The topological polar surface area (TPSA) is 178 Å². The highest BCUT2D eigenvalue weighted by molar-refractivity contribution is 7.52. The summed E-state index contributed by atoms with van der Waals surface area (Å²) in [5, 5.41) is 23.0. The molecule has 3 rings (SSSR count). The van der Waals surface area contributed by atoms with Crippen molar-refractivity contribution >= 4 is 13.7 Å². The number of aromatic nitrogens is 2. The van der Waals surface area contributed by atoms with E-state index in [1.165, 1.54) is 19.1 Å². The highest BCUT2D eigenvalue weighted by atomic mass is 31.2. The summed E-state index contributed by atoms with van der Waals surface area (Å²) in [6.45, 7) is 3.30. The molecule has 1 fully saturated rings. The van der Waals surface area contributed by atoms with E-state index in [9.17, 15) is 29.2 Å². The molecule has 1 aromatic heterocycles. The molecular weight excluding hydrogens is 504 g/mol. The van der Waals surface area contributed by atoms with E-state index in [4.69, 9.17) is 18.5 Å². The second kappa shape index (κ2) is 11.0. The van der Waals surface area contributed by atoms with E-state index in [2.05, 4.69) is 5.09 Å². The van der Waals surface area contributed by atoms with E-state index in [1.54, 1.807) is 32.0 Å². The Balaban J connectivity index is 1.81. The summed E-state index contributed by atoms with van der Waals surface area (Å²) < 4.78 is 50.5. The van der Waals surface area contributed by atoms with E-state index in [0.29, 0.717) is 4.57 Å². The second-order valence-corrected chi connectivity index (χ2v) is 9.95. The standard InChI is InChI=1S/C21H27FN3O10P/c1-12(2)33-19(29)13(3)24-36(31,35-14-7-5-4-6-8-14)32-11-21(22)17(28)16(27)18(34-21)25-10-9-15(26)23-20(25)30/h4-10,12-13,16-18,27-28H,11H2,1-3H3,(H,24,31)(H,23,26,30)/t13-,16-,17+,18?,21-,36-/m1/s1. The smallest absolute Gasteiger partial charge is 0.459 e. The molecule has 2 aromatic rings. The van der Waals surface area contributed by atoms with Gasteiger partial charge >= 0.3 is 19.4 Å². The van der Waals surface area contributed by atoms with Crippen LogP contribution in [0.1, 0.15) is 27.0 Å². The number of H-pyrrole nitrogens is 1. The zero-order chi connectivity index (χ0) is 26.7. The van der Waals surface area contributed by atoms with Gasteiger partial charge in [0.05, 0.1) is 6.10 Å². The Labute approximate surface area is 204 Å². The van der Waals surface area contributed by atoms with Crippen molar-refractivity contribution in [1.29, 1.82) is 0 Å². The number of alkyl halides is 1. The van der Waals surface area contributed by atoms with Crippen molar-refractivity contribution < 1.29 is 42.5 Å². The van der Waals surface area contributed by atoms with Gasteiger partial charge < -0.3 is 24.2 Å². The fourth-order valence-electron chi connectivity index (χ4n) is 3.23. The molecule has 198 valence electrons. The van der Waals surface area contributed by atoms with Gasteiger partial charge in [-0.1, -0.05) is 18.2 Å². The number of nitrogens with one attached hydrogen (secondary N) is 2. The van der Waals surface area contributed by atoms with Crippen LogP contribution in [0.4, 0.5) is 4.39 Å². The fourth-order valence-corrected chi connectivity index (χ4v) is 4.73. The monoisotopic (exact) mass is 531 g/mol. The van der Waals surface area contributed by atoms with Gasteiger partial charge in [-0.3, -0.25) is 23.7 Å². The Kier molecular flexibility index (Phi) is 8.49. The number of aliphatic hydroxyl groups is 2. The Morgan fingerprint density at radius 2 is 1.92 bits per heavy atom. The summed E-state index contributed by atoms with van der Waals surface area (Å²) in [6.07, 6.45) is -5.50. The molecule has 15 heteroatoms. The maximum Gasteiger partial charge on any atom is 0.459 e. The normalized spacial score (nSPS) is 26.4. The van der Waals surface area contributed by atoms with Crippen LogP contribution in [-0.2, 0) is 23.4 Å². The number of ether oxygens (including phenoxy) is 2. The first kappa shape index (κ1) is 27.7. The van der Waals surface area contributed by atoms with Gasteiger partial charge in [-0.15, -0.1) is 0 Å². The molecule has 1 aliphatic heterocycles. The lowest BCUT2D eigenvalue weighted by atomic mass is 10.1. The molecule has 0 saturated carbocycles. The number of esters is 1. The van der Waals surface area contributed by atoms with Crippen molar-refractivity contribution in [2.45, 2.75) is 57.2 Å². The molecule has 0 spiro atoms. The molecule has 2 heterocycles. The van der Waals surface area contributed by atoms with Gasteiger partial charge in [-0.25, -0.2) is 13.8 Å². The van der Waals surface area contributed by atoms with Crippen LogP contribution in [0.3, 0.4) is 0 Å². The van der Waals surface area contributed by atoms with E-state index < -0.39 is 68.0 Å². The molecule has 4 N–H and O–H groups in total. The van der Waals surface area contributed by atoms with Crippen LogP contribution in [0.5, 0.6) is 5.75 Å². The van der Waals surface area contributed by atoms with Crippen molar-refractivity contribution in [3.05, 3.63) is 63.4 Å². The minimum Gasteiger partial charge on any atom is -0.462 e. The largest absolute Gasteiger partial charge is 0.462 e. The number of nitrogens with zero attached hydrogens (tertiary/aromatic N) is 1. The predicted molar refractivity (Wildman–Crippen MR) is 122 cm³/mol. The van der Waals surface area contributed by atoms with Gasteiger partial charge in [-0.2, -0.15) is 5.09 Å². The van der Waals surface area contributed by atoms with Gasteiger partial charge in [-0.05, 0) is 32.9 Å². The lowest BCUT2D eigenvalue weighted by Crippen LogP contribution is -2.44. The van der Waals surface area contributed by atoms with Crippen LogP contribution < -0.4 is 20.9 Å². The number of rotatable bonds is 10. The summed E-state index contributed by atoms with van der Waals surface area (Å²) in [4.78, 5) is 37.4. The average molecular weight is 531 g/mol. The van der Waals surface area contributed by atoms with Crippen LogP contribution in [0.25, 0.3) is 0 Å². The molecule has 0 radical (unpaired) electrons. The van der Waals surface area contributed by atoms with Crippen molar-refractivity contribution in [2.75, 3.05) is 6.61 Å². The quantitative estimate of drug-likeness (QED) is 0.249. The zero-order valence-corrected chi connectivity index (χ0v) is 20.5. The first-order valence-corrected chi connectivity index (χ1v) is 12.4. The van der Waals surface area contributed by atoms with Gasteiger partial charge in [0.1, 0.15) is 30.6 Å². The highest BCUT2D eigenvalue weighted by Crippen LogP contribution is 2.48. The lowest BCUT2D eigenvalue weighted by Gasteiger charge is -2.27. The molecule has 0 aliphatic carbocycles. The van der Waals surface area contributed by atoms with E-state index in [0.717, 1.165) is 12.3 Å². The van der Waals surface area contributed by atoms with E-state index in [-0.39, 0.29) is 5.75 Å². The minimum absolute atomic E-state index is 0.0521. The zero-order valence-electron chi connectivity index (χ0n) is 19.6. The Morgan fingerprint density at radius 3 is 2.53 bits per heavy atom. The number of aromatic amines is 1. The molecule has 0 amide bonds. The van der Waals surface area contributed by atoms with E-state index in [1.807, 2.05) is 4.98 Å². The number of hydrogen-bond acceptors (Lipinski definition) is 10. The SMILES string of the molecule is CC(C)OC(=O)[C@@H](C)N[P@@](=O)(OC[C@@]1(F)OC(n2ccc(=O)[nH]c2=O)[C@H](O)[C@@H]1O)Oc1ccccc1. The Hall–Kier alpha value is -2.87. The number of aliphatic hydroxyl groups excluding tert-OH is 2. The van der Waals surface area contributed by atoms with Crippen molar-refractivity contribution in [3.63, 3.8) is 0 Å². The van der Waals surface area contributed by atoms with Crippen LogP contribution in [-0.4, -0.2) is 62.5 Å². The summed E-state index contributed by atoms with van der Waals surface area (Å²) in [7, 11) is -4.52. The van der Waals surface area contributed by atoms with Gasteiger partial charge in [0.15, 0.2) is 6.23 Å². The molecule has 1 aromatic carbocycles. The average Bonchev–Trinajstić information content (AvgIpc) is 3.02. The third-order valence-electron chi connectivity index (χ3n) is 4.96. The lowest BCUT2D eigenvalue weighted by molar-refractivity contribution is -0.204. The van der Waals surface area contributed by atoms with Gasteiger partial charge in [0.25, 0.3) is 11.4 Å². The number of benzene rings is 1. The van der Waals surface area contributed by atoms with Crippen molar-refractivity contribution in [2.24, 2.45) is 0 Å². The molecule has 0 bridgehead atoms. The fraction of sp³-hybridized carbons (Fsp3) is 0.476. The van der Waals surface area contributed by atoms with Crippen LogP contribution in [0.15, 0.2) is 52.2 Å². The Bertz CT molecular complexity index is 1220. The third kappa shape index (κ3) is 6.46. The first-order chi connectivity index (χ1) is 16.8. The van der Waals surface area contributed by atoms with Crippen LogP contribution in [0, 0.1) is 0 Å².